The largest absolute Gasteiger partial charge is 0.396 e. The first-order valence-electron chi connectivity index (χ1n) is 8.48. The van der Waals surface area contributed by atoms with E-state index in [9.17, 15) is 0 Å². The van der Waals surface area contributed by atoms with Crippen molar-refractivity contribution in [3.63, 3.8) is 0 Å². The van der Waals surface area contributed by atoms with Crippen LogP contribution in [0, 0.1) is 23.7 Å². The molecule has 20 heavy (non-hydrogen) atoms. The van der Waals surface area contributed by atoms with Gasteiger partial charge in [0.2, 0.25) is 0 Å². The topological polar surface area (TPSA) is 20.2 Å². The Bertz CT molecular complexity index is 297. The minimum absolute atomic E-state index is 0.223. The Morgan fingerprint density at radius 3 is 1.55 bits per heavy atom. The number of hydrogen-bond acceptors (Lipinski definition) is 1. The van der Waals surface area contributed by atoms with Crippen LogP contribution in [-0.2, 0) is 0 Å². The van der Waals surface area contributed by atoms with E-state index < -0.39 is 0 Å². The Hall–Kier alpha value is -0.920. The van der Waals surface area contributed by atoms with Crippen molar-refractivity contribution in [3.05, 3.63) is 0 Å². The summed E-state index contributed by atoms with van der Waals surface area (Å²) in [5.41, 5.74) is 0. The average molecular weight is 276 g/mol. The lowest BCUT2D eigenvalue weighted by molar-refractivity contribution is 0.290. The molecule has 0 rings (SSSR count). The fourth-order valence-electron chi connectivity index (χ4n) is 2.08. The van der Waals surface area contributed by atoms with Gasteiger partial charge in [0.1, 0.15) is 0 Å². The first-order valence-corrected chi connectivity index (χ1v) is 8.48. The summed E-state index contributed by atoms with van der Waals surface area (Å²) in [4.78, 5) is 0. The van der Waals surface area contributed by atoms with E-state index in [1.165, 1.54) is 64.2 Å². The Kier molecular flexibility index (Phi) is 17.2. The second kappa shape index (κ2) is 18.1. The lowest BCUT2D eigenvalue weighted by Crippen LogP contribution is -1.81. The molecule has 1 heteroatoms. The molecule has 1 nitrogen and oxygen atoms in total. The Morgan fingerprint density at radius 2 is 1.05 bits per heavy atom. The molecule has 0 fully saturated rings. The summed E-state index contributed by atoms with van der Waals surface area (Å²) in [5, 5.41) is 8.58. The smallest absolute Gasteiger partial charge is 0.0440 e. The van der Waals surface area contributed by atoms with Crippen molar-refractivity contribution >= 4 is 0 Å². The predicted octanol–water partition coefficient (Wildman–Crippen LogP) is 5.08. The van der Waals surface area contributed by atoms with Crippen LogP contribution in [0.15, 0.2) is 0 Å². The number of aliphatic hydroxyl groups excluding tert-OH is 1. The van der Waals surface area contributed by atoms with E-state index in [0.717, 1.165) is 19.3 Å². The minimum Gasteiger partial charge on any atom is -0.396 e. The van der Waals surface area contributed by atoms with Crippen LogP contribution in [0.5, 0.6) is 0 Å². The van der Waals surface area contributed by atoms with E-state index in [4.69, 9.17) is 5.11 Å². The molecule has 0 bridgehead atoms. The van der Waals surface area contributed by atoms with Crippen LogP contribution in [0.3, 0.4) is 0 Å². The molecule has 0 saturated carbocycles. The predicted molar refractivity (Wildman–Crippen MR) is 88.3 cm³/mol. The van der Waals surface area contributed by atoms with Crippen molar-refractivity contribution in [2.45, 2.75) is 90.4 Å². The third kappa shape index (κ3) is 17.1. The standard InChI is InChI=1S/C19H32O/c1-2-3-4-5-6-7-8-9-10-11-12-13-14-15-16-17-18-19-20/h20H,2-12,17-19H2,1H3. The highest BCUT2D eigenvalue weighted by Crippen LogP contribution is 2.10. The SMILES string of the molecule is CCCCCCCCCCCCC#CC#CCCCO. The van der Waals surface area contributed by atoms with E-state index >= 15 is 0 Å². The maximum atomic E-state index is 8.58. The van der Waals surface area contributed by atoms with Crippen LogP contribution in [0.2, 0.25) is 0 Å². The molecule has 0 aromatic rings. The van der Waals surface area contributed by atoms with Crippen molar-refractivity contribution in [2.75, 3.05) is 6.61 Å². The van der Waals surface area contributed by atoms with Gasteiger partial charge in [-0.15, -0.1) is 0 Å². The molecule has 0 saturated heterocycles. The molecule has 0 aliphatic rings. The third-order valence-corrected chi connectivity index (χ3v) is 3.35. The van der Waals surface area contributed by atoms with Gasteiger partial charge in [-0.25, -0.2) is 0 Å². The molecule has 0 atom stereocenters. The van der Waals surface area contributed by atoms with Gasteiger partial charge in [-0.3, -0.25) is 0 Å². The molecule has 0 aliphatic carbocycles. The average Bonchev–Trinajstić information content (AvgIpc) is 2.47. The van der Waals surface area contributed by atoms with Crippen LogP contribution in [-0.4, -0.2) is 11.7 Å². The monoisotopic (exact) mass is 276 g/mol. The second-order valence-electron chi connectivity index (χ2n) is 5.36. The highest BCUT2D eigenvalue weighted by atomic mass is 16.2. The number of hydrogen-bond donors (Lipinski definition) is 1. The molecular formula is C19H32O. The van der Waals surface area contributed by atoms with Gasteiger partial charge in [0.05, 0.1) is 0 Å². The Labute approximate surface area is 126 Å². The normalized spacial score (nSPS) is 9.50. The van der Waals surface area contributed by atoms with Crippen molar-refractivity contribution < 1.29 is 5.11 Å². The van der Waals surface area contributed by atoms with Crippen LogP contribution < -0.4 is 0 Å². The molecule has 0 spiro atoms. The first-order chi connectivity index (χ1) is 9.91. The summed E-state index contributed by atoms with van der Waals surface area (Å²) in [5.74, 6) is 11.8. The fraction of sp³-hybridized carbons (Fsp3) is 0.789. The van der Waals surface area contributed by atoms with E-state index in [-0.39, 0.29) is 6.61 Å². The minimum atomic E-state index is 0.223. The second-order valence-corrected chi connectivity index (χ2v) is 5.36. The van der Waals surface area contributed by atoms with Crippen LogP contribution in [0.25, 0.3) is 0 Å². The number of unbranched alkanes of at least 4 members (excludes halogenated alkanes) is 11. The van der Waals surface area contributed by atoms with Crippen LogP contribution in [0.4, 0.5) is 0 Å². The van der Waals surface area contributed by atoms with Crippen LogP contribution >= 0.6 is 0 Å². The molecule has 0 aromatic carbocycles. The quantitative estimate of drug-likeness (QED) is 0.389. The van der Waals surface area contributed by atoms with Gasteiger partial charge in [-0.1, -0.05) is 76.6 Å². The van der Waals surface area contributed by atoms with Gasteiger partial charge in [0, 0.05) is 19.4 Å². The van der Waals surface area contributed by atoms with Gasteiger partial charge in [0.25, 0.3) is 0 Å². The van der Waals surface area contributed by atoms with E-state index in [0.29, 0.717) is 0 Å². The lowest BCUT2D eigenvalue weighted by atomic mass is 10.1. The van der Waals surface area contributed by atoms with E-state index in [2.05, 4.69) is 30.6 Å². The molecular weight excluding hydrogens is 244 g/mol. The van der Waals surface area contributed by atoms with E-state index in [1.54, 1.807) is 0 Å². The Morgan fingerprint density at radius 1 is 0.600 bits per heavy atom. The van der Waals surface area contributed by atoms with E-state index in [1.807, 2.05) is 0 Å². The summed E-state index contributed by atoms with van der Waals surface area (Å²) >= 11 is 0. The fourth-order valence-corrected chi connectivity index (χ4v) is 2.08. The first kappa shape index (κ1) is 19.1. The number of rotatable bonds is 12. The maximum absolute atomic E-state index is 8.58. The van der Waals surface area contributed by atoms with Gasteiger partial charge in [0.15, 0.2) is 0 Å². The van der Waals surface area contributed by atoms with Crippen molar-refractivity contribution in [1.82, 2.24) is 0 Å². The van der Waals surface area contributed by atoms with Crippen molar-refractivity contribution in [3.8, 4) is 23.7 Å². The summed E-state index contributed by atoms with van der Waals surface area (Å²) in [6.45, 7) is 2.49. The molecule has 0 unspecified atom stereocenters. The summed E-state index contributed by atoms with van der Waals surface area (Å²) < 4.78 is 0. The summed E-state index contributed by atoms with van der Waals surface area (Å²) in [7, 11) is 0. The van der Waals surface area contributed by atoms with Crippen molar-refractivity contribution in [1.29, 1.82) is 0 Å². The summed E-state index contributed by atoms with van der Waals surface area (Å²) in [6.07, 6.45) is 16.2. The molecule has 114 valence electrons. The third-order valence-electron chi connectivity index (χ3n) is 3.35. The molecule has 0 heterocycles. The van der Waals surface area contributed by atoms with Gasteiger partial charge in [-0.05, 0) is 24.7 Å². The zero-order valence-corrected chi connectivity index (χ0v) is 13.3. The number of aliphatic hydroxyl groups is 1. The molecule has 0 amide bonds. The van der Waals surface area contributed by atoms with Gasteiger partial charge < -0.3 is 5.11 Å². The maximum Gasteiger partial charge on any atom is 0.0440 e. The molecule has 0 radical (unpaired) electrons. The van der Waals surface area contributed by atoms with Crippen molar-refractivity contribution in [2.24, 2.45) is 0 Å². The molecule has 1 N–H and O–H groups in total. The Balaban J connectivity index is 3.16. The van der Waals surface area contributed by atoms with Gasteiger partial charge >= 0.3 is 0 Å². The zero-order chi connectivity index (χ0) is 14.7. The highest BCUT2D eigenvalue weighted by molar-refractivity contribution is 5.25. The highest BCUT2D eigenvalue weighted by Gasteiger charge is 1.91. The molecule has 0 aliphatic heterocycles. The van der Waals surface area contributed by atoms with Gasteiger partial charge in [-0.2, -0.15) is 0 Å². The molecule has 0 aromatic heterocycles. The van der Waals surface area contributed by atoms with Crippen LogP contribution in [0.1, 0.15) is 90.4 Å². The zero-order valence-electron chi connectivity index (χ0n) is 13.3. The summed E-state index contributed by atoms with van der Waals surface area (Å²) in [6, 6.07) is 0. The lowest BCUT2D eigenvalue weighted by Gasteiger charge is -2.00.